The molecule has 0 saturated heterocycles. The molecule has 0 aliphatic heterocycles. The molecule has 0 amide bonds. The van der Waals surface area contributed by atoms with Gasteiger partial charge in [-0.3, -0.25) is 4.79 Å². The standard InChI is InChI=1S/C10H12FNO2/c1-6-3-4-8(12)10(11)7(6)5-9(13)14-2/h3-4H,5,12H2,1-2H3. The Hall–Kier alpha value is -1.58. The zero-order valence-corrected chi connectivity index (χ0v) is 8.13. The predicted octanol–water partition coefficient (Wildman–Crippen LogP) is 1.43. The molecule has 1 rings (SSSR count). The molecular weight excluding hydrogens is 185 g/mol. The highest BCUT2D eigenvalue weighted by Crippen LogP contribution is 2.19. The number of nitrogens with two attached hydrogens (primary N) is 1. The van der Waals surface area contributed by atoms with E-state index in [1.807, 2.05) is 0 Å². The second-order valence-electron chi connectivity index (χ2n) is 3.02. The molecule has 0 fully saturated rings. The lowest BCUT2D eigenvalue weighted by Gasteiger charge is -2.07. The summed E-state index contributed by atoms with van der Waals surface area (Å²) in [6.07, 6.45) is -0.0841. The Morgan fingerprint density at radius 1 is 1.57 bits per heavy atom. The molecule has 76 valence electrons. The summed E-state index contributed by atoms with van der Waals surface area (Å²) in [6.45, 7) is 1.72. The third-order valence-corrected chi connectivity index (χ3v) is 2.06. The Kier molecular flexibility index (Phi) is 3.06. The minimum atomic E-state index is -0.532. The number of nitrogen functional groups attached to an aromatic ring is 1. The molecule has 0 aromatic heterocycles. The summed E-state index contributed by atoms with van der Waals surface area (Å²) in [5, 5.41) is 0. The van der Waals surface area contributed by atoms with Gasteiger partial charge in [0.25, 0.3) is 0 Å². The SMILES string of the molecule is COC(=O)Cc1c(C)ccc(N)c1F. The van der Waals surface area contributed by atoms with E-state index in [1.54, 1.807) is 13.0 Å². The predicted molar refractivity (Wildman–Crippen MR) is 51.3 cm³/mol. The van der Waals surface area contributed by atoms with Crippen molar-refractivity contribution in [1.29, 1.82) is 0 Å². The second kappa shape index (κ2) is 4.09. The van der Waals surface area contributed by atoms with Crippen molar-refractivity contribution in [3.8, 4) is 0 Å². The summed E-state index contributed by atoms with van der Waals surface area (Å²) in [4.78, 5) is 11.0. The molecule has 0 atom stereocenters. The van der Waals surface area contributed by atoms with Crippen LogP contribution >= 0.6 is 0 Å². The summed E-state index contributed by atoms with van der Waals surface area (Å²) in [5.41, 5.74) is 6.43. The Labute approximate surface area is 81.7 Å². The van der Waals surface area contributed by atoms with Crippen LogP contribution in [0, 0.1) is 12.7 Å². The lowest BCUT2D eigenvalue weighted by molar-refractivity contribution is -0.139. The largest absolute Gasteiger partial charge is 0.469 e. The van der Waals surface area contributed by atoms with Crippen LogP contribution in [0.4, 0.5) is 10.1 Å². The van der Waals surface area contributed by atoms with E-state index in [2.05, 4.69) is 4.74 Å². The third-order valence-electron chi connectivity index (χ3n) is 2.06. The summed E-state index contributed by atoms with van der Waals surface area (Å²) in [7, 11) is 1.27. The Balaban J connectivity index is 3.06. The number of anilines is 1. The van der Waals surface area contributed by atoms with Gasteiger partial charge in [-0.05, 0) is 18.6 Å². The molecule has 0 radical (unpaired) electrons. The average molecular weight is 197 g/mol. The molecule has 1 aromatic carbocycles. The smallest absolute Gasteiger partial charge is 0.310 e. The van der Waals surface area contributed by atoms with Gasteiger partial charge in [0, 0.05) is 5.56 Å². The highest BCUT2D eigenvalue weighted by molar-refractivity contribution is 5.73. The Bertz CT molecular complexity index is 363. The zero-order chi connectivity index (χ0) is 10.7. The van der Waals surface area contributed by atoms with Crippen molar-refractivity contribution in [2.75, 3.05) is 12.8 Å². The summed E-state index contributed by atoms with van der Waals surface area (Å²) in [5.74, 6) is -1.01. The van der Waals surface area contributed by atoms with Crippen molar-refractivity contribution in [2.24, 2.45) is 0 Å². The van der Waals surface area contributed by atoms with Crippen LogP contribution in [0.2, 0.25) is 0 Å². The molecule has 0 unspecified atom stereocenters. The second-order valence-corrected chi connectivity index (χ2v) is 3.02. The van der Waals surface area contributed by atoms with Crippen molar-refractivity contribution >= 4 is 11.7 Å². The third kappa shape index (κ3) is 2.02. The molecule has 0 aliphatic rings. The quantitative estimate of drug-likeness (QED) is 0.576. The van der Waals surface area contributed by atoms with Gasteiger partial charge in [0.05, 0.1) is 19.2 Å². The van der Waals surface area contributed by atoms with Gasteiger partial charge in [-0.1, -0.05) is 6.07 Å². The highest BCUT2D eigenvalue weighted by atomic mass is 19.1. The fourth-order valence-corrected chi connectivity index (χ4v) is 1.17. The lowest BCUT2D eigenvalue weighted by atomic mass is 10.0. The van der Waals surface area contributed by atoms with Crippen LogP contribution in [0.3, 0.4) is 0 Å². The van der Waals surface area contributed by atoms with Gasteiger partial charge in [-0.15, -0.1) is 0 Å². The number of hydrogen-bond acceptors (Lipinski definition) is 3. The summed E-state index contributed by atoms with van der Waals surface area (Å²) in [6, 6.07) is 3.15. The first-order chi connectivity index (χ1) is 6.56. The minimum absolute atomic E-state index is 0.0505. The number of hydrogen-bond donors (Lipinski definition) is 1. The zero-order valence-electron chi connectivity index (χ0n) is 8.13. The number of halogens is 1. The number of methoxy groups -OCH3 is 1. The topological polar surface area (TPSA) is 52.3 Å². The van der Waals surface area contributed by atoms with Crippen molar-refractivity contribution in [3.63, 3.8) is 0 Å². The lowest BCUT2D eigenvalue weighted by Crippen LogP contribution is -2.09. The van der Waals surface area contributed by atoms with E-state index in [-0.39, 0.29) is 12.1 Å². The first-order valence-corrected chi connectivity index (χ1v) is 4.16. The molecule has 0 spiro atoms. The summed E-state index contributed by atoms with van der Waals surface area (Å²) < 4.78 is 17.9. The fourth-order valence-electron chi connectivity index (χ4n) is 1.17. The average Bonchev–Trinajstić information content (AvgIpc) is 2.18. The maximum absolute atomic E-state index is 13.4. The molecule has 0 saturated carbocycles. The number of rotatable bonds is 2. The van der Waals surface area contributed by atoms with Crippen LogP contribution in [0.5, 0.6) is 0 Å². The van der Waals surface area contributed by atoms with Crippen LogP contribution in [0.1, 0.15) is 11.1 Å². The maximum Gasteiger partial charge on any atom is 0.310 e. The number of ether oxygens (including phenoxy) is 1. The molecule has 4 heteroatoms. The number of esters is 1. The van der Waals surface area contributed by atoms with Gasteiger partial charge in [0.1, 0.15) is 5.82 Å². The molecule has 2 N–H and O–H groups in total. The van der Waals surface area contributed by atoms with Crippen LogP contribution in [-0.4, -0.2) is 13.1 Å². The van der Waals surface area contributed by atoms with Gasteiger partial charge in [0.15, 0.2) is 0 Å². The first kappa shape index (κ1) is 10.5. The van der Waals surface area contributed by atoms with E-state index >= 15 is 0 Å². The fraction of sp³-hybridized carbons (Fsp3) is 0.300. The molecule has 1 aromatic rings. The normalized spacial score (nSPS) is 9.93. The van der Waals surface area contributed by atoms with Gasteiger partial charge >= 0.3 is 5.97 Å². The van der Waals surface area contributed by atoms with Crippen LogP contribution in [-0.2, 0) is 16.0 Å². The van der Waals surface area contributed by atoms with Gasteiger partial charge in [-0.25, -0.2) is 4.39 Å². The van der Waals surface area contributed by atoms with Crippen molar-refractivity contribution < 1.29 is 13.9 Å². The van der Waals surface area contributed by atoms with Gasteiger partial charge < -0.3 is 10.5 Å². The van der Waals surface area contributed by atoms with Crippen molar-refractivity contribution in [1.82, 2.24) is 0 Å². The molecule has 3 nitrogen and oxygen atoms in total. The number of carbonyl (C=O) groups is 1. The first-order valence-electron chi connectivity index (χ1n) is 4.16. The highest BCUT2D eigenvalue weighted by Gasteiger charge is 2.13. The number of carbonyl (C=O) groups excluding carboxylic acids is 1. The Morgan fingerprint density at radius 2 is 2.21 bits per heavy atom. The van der Waals surface area contributed by atoms with E-state index in [4.69, 9.17) is 5.73 Å². The minimum Gasteiger partial charge on any atom is -0.469 e. The van der Waals surface area contributed by atoms with E-state index in [9.17, 15) is 9.18 Å². The number of aryl methyl sites for hydroxylation is 1. The maximum atomic E-state index is 13.4. The molecular formula is C10H12FNO2. The Morgan fingerprint density at radius 3 is 2.79 bits per heavy atom. The van der Waals surface area contributed by atoms with Crippen LogP contribution in [0.25, 0.3) is 0 Å². The van der Waals surface area contributed by atoms with E-state index in [0.29, 0.717) is 11.1 Å². The van der Waals surface area contributed by atoms with Gasteiger partial charge in [-0.2, -0.15) is 0 Å². The van der Waals surface area contributed by atoms with Crippen molar-refractivity contribution in [2.45, 2.75) is 13.3 Å². The van der Waals surface area contributed by atoms with E-state index in [1.165, 1.54) is 13.2 Å². The molecule has 14 heavy (non-hydrogen) atoms. The van der Waals surface area contributed by atoms with E-state index < -0.39 is 11.8 Å². The summed E-state index contributed by atoms with van der Waals surface area (Å²) >= 11 is 0. The van der Waals surface area contributed by atoms with Gasteiger partial charge in [0.2, 0.25) is 0 Å². The molecule has 0 heterocycles. The molecule has 0 bridgehead atoms. The van der Waals surface area contributed by atoms with E-state index in [0.717, 1.165) is 0 Å². The molecule has 0 aliphatic carbocycles. The van der Waals surface area contributed by atoms with Crippen LogP contribution in [0.15, 0.2) is 12.1 Å². The van der Waals surface area contributed by atoms with Crippen LogP contribution < -0.4 is 5.73 Å². The monoisotopic (exact) mass is 197 g/mol. The van der Waals surface area contributed by atoms with Crippen molar-refractivity contribution in [3.05, 3.63) is 29.1 Å². The number of benzene rings is 1.